The highest BCUT2D eigenvalue weighted by Crippen LogP contribution is 2.30. The van der Waals surface area contributed by atoms with Crippen LogP contribution in [0.4, 0.5) is 8.78 Å². The fourth-order valence-electron chi connectivity index (χ4n) is 1.83. The Morgan fingerprint density at radius 1 is 1.16 bits per heavy atom. The molecule has 2 N–H and O–H groups in total. The summed E-state index contributed by atoms with van der Waals surface area (Å²) in [5, 5.41) is 0.0159. The summed E-state index contributed by atoms with van der Waals surface area (Å²) in [6, 6.07) is 7.58. The van der Waals surface area contributed by atoms with Gasteiger partial charge in [-0.2, -0.15) is 0 Å². The number of rotatable bonds is 3. The molecule has 0 amide bonds. The Bertz CT molecular complexity index is 604. The maximum absolute atomic E-state index is 13.4. The van der Waals surface area contributed by atoms with Crippen molar-refractivity contribution in [2.75, 3.05) is 7.11 Å². The van der Waals surface area contributed by atoms with Crippen LogP contribution in [-0.4, -0.2) is 7.11 Å². The lowest BCUT2D eigenvalue weighted by Gasteiger charge is -2.16. The van der Waals surface area contributed by atoms with Gasteiger partial charge in [-0.25, -0.2) is 8.78 Å². The van der Waals surface area contributed by atoms with E-state index in [2.05, 4.69) is 0 Å². The van der Waals surface area contributed by atoms with Crippen LogP contribution >= 0.6 is 11.6 Å². The largest absolute Gasteiger partial charge is 0.496 e. The van der Waals surface area contributed by atoms with Crippen molar-refractivity contribution in [3.05, 3.63) is 64.2 Å². The molecule has 19 heavy (non-hydrogen) atoms. The number of nitrogens with two attached hydrogens (primary N) is 1. The van der Waals surface area contributed by atoms with Gasteiger partial charge < -0.3 is 10.5 Å². The summed E-state index contributed by atoms with van der Waals surface area (Å²) in [4.78, 5) is 0. The Balaban J connectivity index is 2.45. The van der Waals surface area contributed by atoms with Crippen molar-refractivity contribution in [1.82, 2.24) is 0 Å². The Labute approximate surface area is 114 Å². The molecular weight excluding hydrogens is 272 g/mol. The van der Waals surface area contributed by atoms with Gasteiger partial charge in [0.25, 0.3) is 0 Å². The Morgan fingerprint density at radius 3 is 2.53 bits per heavy atom. The fourth-order valence-corrected chi connectivity index (χ4v) is 1.95. The van der Waals surface area contributed by atoms with Gasteiger partial charge in [0.1, 0.15) is 17.4 Å². The molecule has 0 aromatic heterocycles. The lowest BCUT2D eigenvalue weighted by Crippen LogP contribution is -2.13. The molecule has 0 saturated heterocycles. The zero-order valence-corrected chi connectivity index (χ0v) is 10.9. The van der Waals surface area contributed by atoms with Crippen LogP contribution < -0.4 is 10.5 Å². The van der Waals surface area contributed by atoms with Crippen molar-refractivity contribution in [1.29, 1.82) is 0 Å². The second kappa shape index (κ2) is 5.55. The summed E-state index contributed by atoms with van der Waals surface area (Å²) < 4.78 is 31.9. The molecule has 5 heteroatoms. The molecule has 0 heterocycles. The topological polar surface area (TPSA) is 35.2 Å². The minimum absolute atomic E-state index is 0.0159. The number of ether oxygens (including phenoxy) is 1. The predicted octanol–water partition coefficient (Wildman–Crippen LogP) is 3.67. The molecule has 2 nitrogen and oxygen atoms in total. The first-order valence-corrected chi connectivity index (χ1v) is 5.94. The highest BCUT2D eigenvalue weighted by molar-refractivity contribution is 6.30. The van der Waals surface area contributed by atoms with Gasteiger partial charge in [-0.1, -0.05) is 17.7 Å². The third-order valence-corrected chi connectivity index (χ3v) is 3.14. The summed E-state index contributed by atoms with van der Waals surface area (Å²) in [5.74, 6) is -0.546. The Kier molecular flexibility index (Phi) is 4.02. The molecule has 0 saturated carbocycles. The Morgan fingerprint density at radius 2 is 1.89 bits per heavy atom. The monoisotopic (exact) mass is 283 g/mol. The predicted molar refractivity (Wildman–Crippen MR) is 70.4 cm³/mol. The van der Waals surface area contributed by atoms with Gasteiger partial charge in [0.05, 0.1) is 18.2 Å². The van der Waals surface area contributed by atoms with Crippen LogP contribution in [0, 0.1) is 11.6 Å². The maximum Gasteiger partial charge on any atom is 0.142 e. The van der Waals surface area contributed by atoms with E-state index in [0.29, 0.717) is 16.9 Å². The molecule has 2 rings (SSSR count). The number of methoxy groups -OCH3 is 1. The van der Waals surface area contributed by atoms with Crippen molar-refractivity contribution >= 4 is 11.6 Å². The number of halogens is 3. The molecule has 0 aliphatic heterocycles. The molecule has 1 atom stereocenters. The van der Waals surface area contributed by atoms with Gasteiger partial charge in [0.2, 0.25) is 0 Å². The molecule has 100 valence electrons. The summed E-state index contributed by atoms with van der Waals surface area (Å²) >= 11 is 5.61. The van der Waals surface area contributed by atoms with Crippen LogP contribution in [0.25, 0.3) is 0 Å². The van der Waals surface area contributed by atoms with Gasteiger partial charge in [-0.3, -0.25) is 0 Å². The van der Waals surface area contributed by atoms with Gasteiger partial charge in [-0.15, -0.1) is 0 Å². The smallest absolute Gasteiger partial charge is 0.142 e. The lowest BCUT2D eigenvalue weighted by atomic mass is 9.98. The highest BCUT2D eigenvalue weighted by Gasteiger charge is 2.16. The van der Waals surface area contributed by atoms with Crippen LogP contribution in [-0.2, 0) is 0 Å². The van der Waals surface area contributed by atoms with E-state index < -0.39 is 17.7 Å². The quantitative estimate of drug-likeness (QED) is 0.933. The molecule has 0 aliphatic carbocycles. The van der Waals surface area contributed by atoms with Crippen molar-refractivity contribution in [3.8, 4) is 5.75 Å². The zero-order valence-electron chi connectivity index (χ0n) is 10.2. The summed E-state index contributed by atoms with van der Waals surface area (Å²) in [5.41, 5.74) is 6.96. The second-order valence-corrected chi connectivity index (χ2v) is 4.44. The third-order valence-electron chi connectivity index (χ3n) is 2.83. The highest BCUT2D eigenvalue weighted by atomic mass is 35.5. The lowest BCUT2D eigenvalue weighted by molar-refractivity contribution is 0.406. The second-order valence-electron chi connectivity index (χ2n) is 4.04. The molecule has 0 bridgehead atoms. The third kappa shape index (κ3) is 2.85. The maximum atomic E-state index is 13.4. The first-order chi connectivity index (χ1) is 9.02. The number of benzene rings is 2. The van der Waals surface area contributed by atoms with E-state index in [4.69, 9.17) is 22.1 Å². The summed E-state index contributed by atoms with van der Waals surface area (Å²) in [6.45, 7) is 0. The first kappa shape index (κ1) is 13.8. The van der Waals surface area contributed by atoms with Crippen molar-refractivity contribution in [2.45, 2.75) is 6.04 Å². The van der Waals surface area contributed by atoms with E-state index in [1.54, 1.807) is 6.07 Å². The summed E-state index contributed by atoms with van der Waals surface area (Å²) in [6.07, 6.45) is 0. The fraction of sp³-hybridized carbons (Fsp3) is 0.143. The van der Waals surface area contributed by atoms with E-state index in [0.717, 1.165) is 0 Å². The van der Waals surface area contributed by atoms with Crippen molar-refractivity contribution in [3.63, 3.8) is 0 Å². The molecule has 0 aliphatic rings. The molecule has 1 unspecified atom stereocenters. The van der Waals surface area contributed by atoms with E-state index in [1.807, 2.05) is 0 Å². The van der Waals surface area contributed by atoms with Gasteiger partial charge in [-0.05, 0) is 35.9 Å². The normalized spacial score (nSPS) is 12.3. The Hall–Kier alpha value is -1.65. The number of hydrogen-bond acceptors (Lipinski definition) is 2. The first-order valence-electron chi connectivity index (χ1n) is 5.57. The molecule has 2 aromatic rings. The van der Waals surface area contributed by atoms with E-state index in [-0.39, 0.29) is 5.02 Å². The van der Waals surface area contributed by atoms with Crippen LogP contribution in [0.3, 0.4) is 0 Å². The van der Waals surface area contributed by atoms with Gasteiger partial charge in [0.15, 0.2) is 0 Å². The van der Waals surface area contributed by atoms with Crippen LogP contribution in [0.15, 0.2) is 36.4 Å². The van der Waals surface area contributed by atoms with Gasteiger partial charge in [0, 0.05) is 5.56 Å². The van der Waals surface area contributed by atoms with Crippen molar-refractivity contribution < 1.29 is 13.5 Å². The average Bonchev–Trinajstić information content (AvgIpc) is 2.41. The average molecular weight is 284 g/mol. The van der Waals surface area contributed by atoms with Crippen LogP contribution in [0.5, 0.6) is 5.75 Å². The van der Waals surface area contributed by atoms with E-state index >= 15 is 0 Å². The zero-order chi connectivity index (χ0) is 14.0. The van der Waals surface area contributed by atoms with Crippen LogP contribution in [0.1, 0.15) is 17.2 Å². The molecule has 2 aromatic carbocycles. The minimum atomic E-state index is -0.697. The minimum Gasteiger partial charge on any atom is -0.496 e. The van der Waals surface area contributed by atoms with Crippen LogP contribution in [0.2, 0.25) is 5.02 Å². The molecule has 0 radical (unpaired) electrons. The number of hydrogen-bond donors (Lipinski definition) is 1. The summed E-state index contributed by atoms with van der Waals surface area (Å²) in [7, 11) is 1.46. The van der Waals surface area contributed by atoms with Gasteiger partial charge >= 0.3 is 0 Å². The molecular formula is C14H12ClF2NO. The standard InChI is InChI=1S/C14H12ClF2NO/c1-19-13-5-3-9(16)7-10(13)14(18)8-2-4-11(15)12(17)6-8/h2-7,14H,18H2,1H3. The van der Waals surface area contributed by atoms with E-state index in [9.17, 15) is 8.78 Å². The van der Waals surface area contributed by atoms with E-state index in [1.165, 1.54) is 37.4 Å². The SMILES string of the molecule is COc1ccc(F)cc1C(N)c1ccc(Cl)c(F)c1. The van der Waals surface area contributed by atoms with Crippen molar-refractivity contribution in [2.24, 2.45) is 5.73 Å². The molecule has 0 spiro atoms. The molecule has 0 fully saturated rings.